The highest BCUT2D eigenvalue weighted by Gasteiger charge is 2.40. The van der Waals surface area contributed by atoms with Gasteiger partial charge in [-0.05, 0) is 37.5 Å². The Kier molecular flexibility index (Phi) is 3.40. The van der Waals surface area contributed by atoms with Crippen LogP contribution in [0.2, 0.25) is 0 Å². The minimum absolute atomic E-state index is 0.0996. The van der Waals surface area contributed by atoms with Crippen LogP contribution in [-0.4, -0.2) is 18.3 Å². The zero-order chi connectivity index (χ0) is 13.3. The number of nitrogens with two attached hydrogens (primary N) is 1. The molecule has 1 saturated carbocycles. The van der Waals surface area contributed by atoms with Crippen LogP contribution in [0.25, 0.3) is 0 Å². The molecule has 0 radical (unpaired) electrons. The third-order valence-electron chi connectivity index (χ3n) is 4.42. The molecular formula is C16H23NO2. The van der Waals surface area contributed by atoms with Gasteiger partial charge in [0.25, 0.3) is 0 Å². The van der Waals surface area contributed by atoms with Crippen molar-refractivity contribution in [2.45, 2.75) is 57.2 Å². The summed E-state index contributed by atoms with van der Waals surface area (Å²) in [5.74, 6) is 0.825. The molecule has 1 aliphatic heterocycles. The van der Waals surface area contributed by atoms with Crippen molar-refractivity contribution in [3.8, 4) is 5.75 Å². The van der Waals surface area contributed by atoms with Crippen LogP contribution in [0.5, 0.6) is 5.75 Å². The quantitative estimate of drug-likeness (QED) is 0.829. The van der Waals surface area contributed by atoms with Crippen LogP contribution in [-0.2, 0) is 4.74 Å². The van der Waals surface area contributed by atoms with Crippen molar-refractivity contribution < 1.29 is 9.47 Å². The highest BCUT2D eigenvalue weighted by Crippen LogP contribution is 2.41. The molecule has 0 aromatic heterocycles. The van der Waals surface area contributed by atoms with Crippen LogP contribution >= 0.6 is 0 Å². The fourth-order valence-electron chi connectivity index (χ4n) is 3.41. The molecule has 1 aromatic rings. The monoisotopic (exact) mass is 261 g/mol. The second kappa shape index (κ2) is 5.04. The van der Waals surface area contributed by atoms with Crippen LogP contribution in [0.1, 0.15) is 44.1 Å². The Morgan fingerprint density at radius 2 is 2.11 bits per heavy atom. The normalized spacial score (nSPS) is 25.6. The van der Waals surface area contributed by atoms with Crippen molar-refractivity contribution in [2.24, 2.45) is 0 Å². The standard InChI is InChI=1S/C16H23NO2/c1-12-4-5-15(14(17)10-12)19-13-6-9-18-16(11-13)7-2-3-8-16/h4-5,10,13H,2-3,6-9,11,17H2,1H3. The molecule has 1 aromatic carbocycles. The average molecular weight is 261 g/mol. The van der Waals surface area contributed by atoms with E-state index in [1.807, 2.05) is 19.1 Å². The Bertz CT molecular complexity index is 452. The number of nitrogen functional groups attached to an aromatic ring is 1. The van der Waals surface area contributed by atoms with Gasteiger partial charge >= 0.3 is 0 Å². The van der Waals surface area contributed by atoms with Crippen LogP contribution in [0, 0.1) is 6.92 Å². The number of aryl methyl sites for hydroxylation is 1. The van der Waals surface area contributed by atoms with Crippen molar-refractivity contribution >= 4 is 5.69 Å². The van der Waals surface area contributed by atoms with Crippen molar-refractivity contribution in [3.63, 3.8) is 0 Å². The molecular weight excluding hydrogens is 238 g/mol. The second-order valence-electron chi connectivity index (χ2n) is 6.01. The van der Waals surface area contributed by atoms with Gasteiger partial charge in [-0.25, -0.2) is 0 Å². The van der Waals surface area contributed by atoms with E-state index < -0.39 is 0 Å². The van der Waals surface area contributed by atoms with Gasteiger partial charge in [-0.2, -0.15) is 0 Å². The van der Waals surface area contributed by atoms with Crippen molar-refractivity contribution in [1.82, 2.24) is 0 Å². The lowest BCUT2D eigenvalue weighted by atomic mass is 9.90. The molecule has 1 heterocycles. The topological polar surface area (TPSA) is 44.5 Å². The predicted molar refractivity (Wildman–Crippen MR) is 76.4 cm³/mol. The smallest absolute Gasteiger partial charge is 0.142 e. The molecule has 3 nitrogen and oxygen atoms in total. The van der Waals surface area contributed by atoms with Crippen molar-refractivity contribution in [2.75, 3.05) is 12.3 Å². The van der Waals surface area contributed by atoms with E-state index in [0.717, 1.165) is 30.9 Å². The molecule has 1 spiro atoms. The molecule has 1 aliphatic carbocycles. The van der Waals surface area contributed by atoms with Crippen LogP contribution < -0.4 is 10.5 Å². The summed E-state index contributed by atoms with van der Waals surface area (Å²) in [6.45, 7) is 2.86. The van der Waals surface area contributed by atoms with Gasteiger partial charge < -0.3 is 15.2 Å². The third kappa shape index (κ3) is 2.71. The number of hydrogen-bond donors (Lipinski definition) is 1. The first-order valence-corrected chi connectivity index (χ1v) is 7.34. The zero-order valence-corrected chi connectivity index (χ0v) is 11.7. The van der Waals surface area contributed by atoms with Gasteiger partial charge in [0.05, 0.1) is 17.9 Å². The van der Waals surface area contributed by atoms with Gasteiger partial charge in [-0.15, -0.1) is 0 Å². The minimum atomic E-state index is 0.0996. The highest BCUT2D eigenvalue weighted by molar-refractivity contribution is 5.54. The lowest BCUT2D eigenvalue weighted by Crippen LogP contribution is -2.41. The minimum Gasteiger partial charge on any atom is -0.488 e. The molecule has 3 rings (SSSR count). The summed E-state index contributed by atoms with van der Waals surface area (Å²) in [6.07, 6.45) is 7.19. The predicted octanol–water partition coefficient (Wildman–Crippen LogP) is 3.45. The van der Waals surface area contributed by atoms with E-state index in [2.05, 4.69) is 6.07 Å². The number of anilines is 1. The maximum absolute atomic E-state index is 6.12. The number of hydrogen-bond acceptors (Lipinski definition) is 3. The first-order chi connectivity index (χ1) is 9.17. The summed E-state index contributed by atoms with van der Waals surface area (Å²) in [4.78, 5) is 0. The van der Waals surface area contributed by atoms with Gasteiger partial charge in [-0.1, -0.05) is 18.9 Å². The zero-order valence-electron chi connectivity index (χ0n) is 11.7. The van der Waals surface area contributed by atoms with Gasteiger partial charge in [-0.3, -0.25) is 0 Å². The van der Waals surface area contributed by atoms with Gasteiger partial charge in [0.15, 0.2) is 0 Å². The first-order valence-electron chi connectivity index (χ1n) is 7.34. The van der Waals surface area contributed by atoms with Crippen molar-refractivity contribution in [1.29, 1.82) is 0 Å². The molecule has 1 unspecified atom stereocenters. The number of benzene rings is 1. The summed E-state index contributed by atoms with van der Waals surface area (Å²) in [5.41, 5.74) is 8.04. The Morgan fingerprint density at radius 3 is 2.84 bits per heavy atom. The molecule has 2 N–H and O–H groups in total. The van der Waals surface area contributed by atoms with E-state index in [0.29, 0.717) is 0 Å². The Morgan fingerprint density at radius 1 is 1.32 bits per heavy atom. The molecule has 0 amide bonds. The summed E-state index contributed by atoms with van der Waals surface area (Å²) in [7, 11) is 0. The van der Waals surface area contributed by atoms with Gasteiger partial charge in [0.2, 0.25) is 0 Å². The summed E-state index contributed by atoms with van der Waals surface area (Å²) < 4.78 is 12.2. The lowest BCUT2D eigenvalue weighted by Gasteiger charge is -2.38. The largest absolute Gasteiger partial charge is 0.488 e. The molecule has 19 heavy (non-hydrogen) atoms. The summed E-state index contributed by atoms with van der Waals surface area (Å²) >= 11 is 0. The molecule has 2 aliphatic rings. The Hall–Kier alpha value is -1.22. The first kappa shape index (κ1) is 12.8. The maximum Gasteiger partial charge on any atom is 0.142 e. The van der Waals surface area contributed by atoms with E-state index in [9.17, 15) is 0 Å². The second-order valence-corrected chi connectivity index (χ2v) is 6.01. The highest BCUT2D eigenvalue weighted by atomic mass is 16.5. The van der Waals surface area contributed by atoms with Gasteiger partial charge in [0.1, 0.15) is 11.9 Å². The average Bonchev–Trinajstić information content (AvgIpc) is 2.81. The molecule has 0 bridgehead atoms. The maximum atomic E-state index is 6.12. The van der Waals surface area contributed by atoms with E-state index in [1.54, 1.807) is 0 Å². The number of rotatable bonds is 2. The van der Waals surface area contributed by atoms with Crippen molar-refractivity contribution in [3.05, 3.63) is 23.8 Å². The summed E-state index contributed by atoms with van der Waals surface area (Å²) in [6, 6.07) is 6.01. The van der Waals surface area contributed by atoms with Crippen LogP contribution in [0.3, 0.4) is 0 Å². The van der Waals surface area contributed by atoms with E-state index in [1.165, 1.54) is 31.2 Å². The fraction of sp³-hybridized carbons (Fsp3) is 0.625. The molecule has 3 heteroatoms. The van der Waals surface area contributed by atoms with Gasteiger partial charge in [0, 0.05) is 12.8 Å². The Balaban J connectivity index is 1.69. The molecule has 2 fully saturated rings. The molecule has 104 valence electrons. The Labute approximate surface area is 115 Å². The third-order valence-corrected chi connectivity index (χ3v) is 4.42. The van der Waals surface area contributed by atoms with E-state index in [-0.39, 0.29) is 11.7 Å². The molecule has 1 saturated heterocycles. The number of ether oxygens (including phenoxy) is 2. The summed E-state index contributed by atoms with van der Waals surface area (Å²) in [5, 5.41) is 0. The fourth-order valence-corrected chi connectivity index (χ4v) is 3.41. The van der Waals surface area contributed by atoms with E-state index >= 15 is 0 Å². The SMILES string of the molecule is Cc1ccc(OC2CCOC3(CCCC3)C2)c(N)c1. The van der Waals surface area contributed by atoms with Crippen LogP contribution in [0.4, 0.5) is 5.69 Å². The molecule has 1 atom stereocenters. The van der Waals surface area contributed by atoms with Crippen LogP contribution in [0.15, 0.2) is 18.2 Å². The lowest BCUT2D eigenvalue weighted by molar-refractivity contribution is -0.108. The van der Waals surface area contributed by atoms with E-state index in [4.69, 9.17) is 15.2 Å².